The summed E-state index contributed by atoms with van der Waals surface area (Å²) in [5, 5.41) is 6.20. The van der Waals surface area contributed by atoms with E-state index in [0.717, 1.165) is 10.9 Å². The van der Waals surface area contributed by atoms with Gasteiger partial charge < -0.3 is 20.8 Å². The molecule has 2 rings (SSSR count). The molecule has 1 aromatic heterocycles. The number of fused-ring (bicyclic) bond motifs is 1. The van der Waals surface area contributed by atoms with Crippen molar-refractivity contribution in [1.29, 1.82) is 0 Å². The highest BCUT2D eigenvalue weighted by Crippen LogP contribution is 2.21. The molecule has 25 heavy (non-hydrogen) atoms. The number of hydrogen-bond acceptors (Lipinski definition) is 5. The summed E-state index contributed by atoms with van der Waals surface area (Å²) in [6, 6.07) is 5.83. The first-order chi connectivity index (χ1) is 11.8. The summed E-state index contributed by atoms with van der Waals surface area (Å²) in [5.41, 5.74) is 6.56. The van der Waals surface area contributed by atoms with E-state index in [0.29, 0.717) is 17.7 Å². The average molecular weight is 345 g/mol. The minimum Gasteiger partial charge on any atom is -0.423 e. The molecule has 0 bridgehead atoms. The van der Waals surface area contributed by atoms with Crippen LogP contribution >= 0.6 is 0 Å². The number of anilines is 1. The first kappa shape index (κ1) is 18.7. The number of amides is 2. The number of rotatable bonds is 6. The molecule has 0 aliphatic heterocycles. The fourth-order valence-electron chi connectivity index (χ4n) is 2.56. The molecule has 0 aliphatic carbocycles. The molecule has 0 radical (unpaired) electrons. The number of aryl methyl sites for hydroxylation is 1. The molecule has 4 N–H and O–H groups in total. The number of carbonyl (C=O) groups is 2. The molecular weight excluding hydrogens is 322 g/mol. The summed E-state index contributed by atoms with van der Waals surface area (Å²) < 4.78 is 5.18. The van der Waals surface area contributed by atoms with Crippen LogP contribution in [0, 0.1) is 12.8 Å². The molecule has 134 valence electrons. The highest BCUT2D eigenvalue weighted by Gasteiger charge is 2.25. The molecule has 1 aromatic carbocycles. The van der Waals surface area contributed by atoms with E-state index in [1.165, 1.54) is 6.07 Å². The van der Waals surface area contributed by atoms with Crippen LogP contribution in [0.2, 0.25) is 0 Å². The van der Waals surface area contributed by atoms with Gasteiger partial charge in [-0.1, -0.05) is 20.3 Å². The van der Waals surface area contributed by atoms with Crippen molar-refractivity contribution >= 4 is 28.5 Å². The third-order valence-electron chi connectivity index (χ3n) is 4.22. The van der Waals surface area contributed by atoms with Gasteiger partial charge in [0.15, 0.2) is 0 Å². The van der Waals surface area contributed by atoms with Gasteiger partial charge in [0, 0.05) is 23.2 Å². The molecule has 0 saturated carbocycles. The second kappa shape index (κ2) is 7.94. The van der Waals surface area contributed by atoms with Gasteiger partial charge in [-0.3, -0.25) is 9.59 Å². The lowest BCUT2D eigenvalue weighted by Gasteiger charge is -2.23. The van der Waals surface area contributed by atoms with Crippen molar-refractivity contribution in [2.24, 2.45) is 11.7 Å². The maximum Gasteiger partial charge on any atom is 0.336 e. The quantitative estimate of drug-likeness (QED) is 0.687. The van der Waals surface area contributed by atoms with Crippen molar-refractivity contribution in [1.82, 2.24) is 5.32 Å². The van der Waals surface area contributed by atoms with E-state index in [4.69, 9.17) is 10.2 Å². The Kier molecular flexibility index (Phi) is 5.93. The zero-order valence-corrected chi connectivity index (χ0v) is 14.6. The molecule has 0 spiro atoms. The van der Waals surface area contributed by atoms with Gasteiger partial charge in [0.1, 0.15) is 11.6 Å². The lowest BCUT2D eigenvalue weighted by atomic mass is 9.98. The van der Waals surface area contributed by atoms with E-state index in [1.807, 2.05) is 20.8 Å². The van der Waals surface area contributed by atoms with Crippen LogP contribution in [0.5, 0.6) is 0 Å². The fraction of sp³-hybridized carbons (Fsp3) is 0.389. The summed E-state index contributed by atoms with van der Waals surface area (Å²) in [5.74, 6) is -0.790. The maximum absolute atomic E-state index is 12.6. The van der Waals surface area contributed by atoms with Gasteiger partial charge in [0.25, 0.3) is 0 Å². The number of hydrogen-bond donors (Lipinski definition) is 3. The molecular formula is C18H23N3O4. The Labute approximate surface area is 145 Å². The Balaban J connectivity index is 2.26. The monoisotopic (exact) mass is 345 g/mol. The predicted molar refractivity (Wildman–Crippen MR) is 96.3 cm³/mol. The van der Waals surface area contributed by atoms with Crippen molar-refractivity contribution in [3.05, 3.63) is 40.2 Å². The maximum atomic E-state index is 12.6. The minimum absolute atomic E-state index is 0.0591. The van der Waals surface area contributed by atoms with Crippen LogP contribution in [0.1, 0.15) is 25.8 Å². The molecule has 1 heterocycles. The first-order valence-corrected chi connectivity index (χ1v) is 8.20. The summed E-state index contributed by atoms with van der Waals surface area (Å²) >= 11 is 0. The molecule has 2 amide bonds. The largest absolute Gasteiger partial charge is 0.423 e. The van der Waals surface area contributed by atoms with E-state index in [2.05, 4.69) is 10.6 Å². The van der Waals surface area contributed by atoms with Gasteiger partial charge in [0.2, 0.25) is 11.8 Å². The van der Waals surface area contributed by atoms with E-state index in [1.54, 1.807) is 18.2 Å². The van der Waals surface area contributed by atoms with Crippen LogP contribution in [-0.4, -0.2) is 24.4 Å². The first-order valence-electron chi connectivity index (χ1n) is 8.20. The van der Waals surface area contributed by atoms with Gasteiger partial charge >= 0.3 is 5.63 Å². The van der Waals surface area contributed by atoms with E-state index in [9.17, 15) is 14.4 Å². The SMILES string of the molecule is CCC(C)C(NC(=O)CN)C(=O)Nc1ccc2c(C)cc(=O)oc2c1. The molecule has 2 aromatic rings. The molecule has 0 aliphatic rings. The Bertz CT molecular complexity index is 844. The van der Waals surface area contributed by atoms with Crippen molar-refractivity contribution in [2.45, 2.75) is 33.2 Å². The topological polar surface area (TPSA) is 114 Å². The lowest BCUT2D eigenvalue weighted by Crippen LogP contribution is -2.49. The summed E-state index contributed by atoms with van der Waals surface area (Å²) in [7, 11) is 0. The zero-order chi connectivity index (χ0) is 18.6. The smallest absolute Gasteiger partial charge is 0.336 e. The van der Waals surface area contributed by atoms with Gasteiger partial charge in [-0.05, 0) is 30.5 Å². The number of carbonyl (C=O) groups excluding carboxylic acids is 2. The van der Waals surface area contributed by atoms with Crippen LogP contribution in [0.15, 0.2) is 33.5 Å². The zero-order valence-electron chi connectivity index (χ0n) is 14.6. The van der Waals surface area contributed by atoms with Crippen LogP contribution in [-0.2, 0) is 9.59 Å². The number of nitrogens with one attached hydrogen (secondary N) is 2. The van der Waals surface area contributed by atoms with Crippen LogP contribution in [0.3, 0.4) is 0 Å². The van der Waals surface area contributed by atoms with Crippen molar-refractivity contribution in [3.8, 4) is 0 Å². The normalized spacial score (nSPS) is 13.3. The summed E-state index contributed by atoms with van der Waals surface area (Å²) in [4.78, 5) is 35.7. The third kappa shape index (κ3) is 4.45. The molecule has 7 heteroatoms. The van der Waals surface area contributed by atoms with Gasteiger partial charge in [0.05, 0.1) is 6.54 Å². The predicted octanol–water partition coefficient (Wildman–Crippen LogP) is 1.53. The van der Waals surface area contributed by atoms with Crippen LogP contribution in [0.25, 0.3) is 11.0 Å². The molecule has 2 atom stereocenters. The van der Waals surface area contributed by atoms with Gasteiger partial charge in [-0.25, -0.2) is 4.79 Å². The Hall–Kier alpha value is -2.67. The molecule has 7 nitrogen and oxygen atoms in total. The highest BCUT2D eigenvalue weighted by molar-refractivity contribution is 5.99. The third-order valence-corrected chi connectivity index (χ3v) is 4.22. The van der Waals surface area contributed by atoms with Crippen LogP contribution in [0.4, 0.5) is 5.69 Å². The molecule has 0 saturated heterocycles. The summed E-state index contributed by atoms with van der Waals surface area (Å²) in [6.45, 7) is 5.45. The molecule has 2 unspecified atom stereocenters. The van der Waals surface area contributed by atoms with Crippen LogP contribution < -0.4 is 22.0 Å². The standard InChI is InChI=1S/C18H23N3O4/c1-4-10(2)17(21-15(22)9-19)18(24)20-12-5-6-13-11(3)7-16(23)25-14(13)8-12/h5-8,10,17H,4,9,19H2,1-3H3,(H,20,24)(H,21,22). The Morgan fingerprint density at radius 2 is 2.00 bits per heavy atom. The van der Waals surface area contributed by atoms with E-state index >= 15 is 0 Å². The Morgan fingerprint density at radius 1 is 1.28 bits per heavy atom. The van der Waals surface area contributed by atoms with E-state index in [-0.39, 0.29) is 24.3 Å². The second-order valence-corrected chi connectivity index (χ2v) is 6.08. The van der Waals surface area contributed by atoms with Crippen molar-refractivity contribution in [3.63, 3.8) is 0 Å². The van der Waals surface area contributed by atoms with Gasteiger partial charge in [-0.2, -0.15) is 0 Å². The highest BCUT2D eigenvalue weighted by atomic mass is 16.4. The second-order valence-electron chi connectivity index (χ2n) is 6.08. The lowest BCUT2D eigenvalue weighted by molar-refractivity contribution is -0.126. The number of benzene rings is 1. The average Bonchev–Trinajstić information content (AvgIpc) is 2.58. The molecule has 0 fully saturated rings. The van der Waals surface area contributed by atoms with Gasteiger partial charge in [-0.15, -0.1) is 0 Å². The van der Waals surface area contributed by atoms with Crippen molar-refractivity contribution < 1.29 is 14.0 Å². The minimum atomic E-state index is -0.693. The Morgan fingerprint density at radius 3 is 2.64 bits per heavy atom. The fourth-order valence-corrected chi connectivity index (χ4v) is 2.56. The van der Waals surface area contributed by atoms with E-state index < -0.39 is 11.7 Å². The van der Waals surface area contributed by atoms with Crippen molar-refractivity contribution in [2.75, 3.05) is 11.9 Å². The summed E-state index contributed by atoms with van der Waals surface area (Å²) in [6.07, 6.45) is 0.717. The number of nitrogens with two attached hydrogens (primary N) is 1.